The van der Waals surface area contributed by atoms with Crippen LogP contribution in [0.3, 0.4) is 0 Å². The fraction of sp³-hybridized carbons (Fsp3) is 0.238. The van der Waals surface area contributed by atoms with Crippen LogP contribution in [0.15, 0.2) is 53.4 Å². The van der Waals surface area contributed by atoms with E-state index in [1.807, 2.05) is 12.1 Å². The van der Waals surface area contributed by atoms with Crippen molar-refractivity contribution in [3.63, 3.8) is 0 Å². The zero-order valence-corrected chi connectivity index (χ0v) is 15.8. The second kappa shape index (κ2) is 9.06. The van der Waals surface area contributed by atoms with E-state index in [0.717, 1.165) is 36.6 Å². The number of hydrogen-bond donors (Lipinski definition) is 0. The maximum absolute atomic E-state index is 11.7. The second-order valence-corrected chi connectivity index (χ2v) is 7.57. The first kappa shape index (κ1) is 18.7. The van der Waals surface area contributed by atoms with Crippen LogP contribution in [-0.4, -0.2) is 17.5 Å². The van der Waals surface area contributed by atoms with E-state index in [4.69, 9.17) is 16.3 Å². The van der Waals surface area contributed by atoms with E-state index in [1.54, 1.807) is 18.2 Å². The zero-order chi connectivity index (χ0) is 18.4. The summed E-state index contributed by atoms with van der Waals surface area (Å²) in [6.07, 6.45) is 4.72. The summed E-state index contributed by atoms with van der Waals surface area (Å²) in [6.45, 7) is 0.607. The molecule has 26 heavy (non-hydrogen) atoms. The Labute approximate surface area is 162 Å². The predicted octanol–water partition coefficient (Wildman–Crippen LogP) is 5.32. The number of thioether (sulfide) groups is 1. The summed E-state index contributed by atoms with van der Waals surface area (Å²) < 4.78 is 5.76. The minimum absolute atomic E-state index is 0.0194. The summed E-state index contributed by atoms with van der Waals surface area (Å²) in [6, 6.07) is 15.8. The highest BCUT2D eigenvalue weighted by molar-refractivity contribution is 8.18. The topological polar surface area (TPSA) is 43.4 Å². The SMILES string of the molecule is O=C1CC(=O)/C(=C/c2ccc(OCCCCc3ccccc3)c(Cl)c2)S1. The Morgan fingerprint density at radius 1 is 1.08 bits per heavy atom. The van der Waals surface area contributed by atoms with Crippen molar-refractivity contribution < 1.29 is 14.3 Å². The molecular formula is C21H19ClO3S. The predicted molar refractivity (Wildman–Crippen MR) is 107 cm³/mol. The Morgan fingerprint density at radius 2 is 1.88 bits per heavy atom. The molecule has 0 aliphatic carbocycles. The lowest BCUT2D eigenvalue weighted by Crippen LogP contribution is -1.99. The highest BCUT2D eigenvalue weighted by Gasteiger charge is 2.25. The first-order chi connectivity index (χ1) is 12.6. The number of Topliss-reactive ketones (excluding diaryl/α,β-unsaturated/α-hetero) is 1. The summed E-state index contributed by atoms with van der Waals surface area (Å²) in [5, 5.41) is 0.395. The smallest absolute Gasteiger partial charge is 0.201 e. The molecule has 0 atom stereocenters. The van der Waals surface area contributed by atoms with Crippen molar-refractivity contribution >= 4 is 40.3 Å². The Kier molecular flexibility index (Phi) is 6.53. The molecule has 0 aromatic heterocycles. The lowest BCUT2D eigenvalue weighted by atomic mass is 10.1. The fourth-order valence-corrected chi connectivity index (χ4v) is 3.75. The summed E-state index contributed by atoms with van der Waals surface area (Å²) in [5.41, 5.74) is 2.12. The molecule has 1 aliphatic rings. The summed E-state index contributed by atoms with van der Waals surface area (Å²) in [5.74, 6) is 0.505. The summed E-state index contributed by atoms with van der Waals surface area (Å²) in [7, 11) is 0. The van der Waals surface area contributed by atoms with E-state index in [-0.39, 0.29) is 17.3 Å². The molecule has 5 heteroatoms. The molecule has 0 saturated carbocycles. The number of rotatable bonds is 7. The van der Waals surface area contributed by atoms with Gasteiger partial charge in [0.1, 0.15) is 5.75 Å². The lowest BCUT2D eigenvalue weighted by molar-refractivity contribution is -0.119. The standard InChI is InChI=1S/C21H19ClO3S/c22-17-12-16(13-20-18(23)14-21(24)26-20)9-10-19(17)25-11-5-4-8-15-6-2-1-3-7-15/h1-3,6-7,9-10,12-13H,4-5,8,11,14H2/b20-13-. The van der Waals surface area contributed by atoms with Crippen molar-refractivity contribution in [3.8, 4) is 5.75 Å². The quantitative estimate of drug-likeness (QED) is 0.367. The molecule has 1 aliphatic heterocycles. The number of benzene rings is 2. The average Bonchev–Trinajstić information content (AvgIpc) is 2.94. The fourth-order valence-electron chi connectivity index (χ4n) is 2.68. The van der Waals surface area contributed by atoms with Crippen LogP contribution in [0.2, 0.25) is 5.02 Å². The first-order valence-electron chi connectivity index (χ1n) is 8.54. The van der Waals surface area contributed by atoms with E-state index in [9.17, 15) is 9.59 Å². The molecular weight excluding hydrogens is 368 g/mol. The number of hydrogen-bond acceptors (Lipinski definition) is 4. The van der Waals surface area contributed by atoms with Gasteiger partial charge < -0.3 is 4.74 Å². The molecule has 0 N–H and O–H groups in total. The van der Waals surface area contributed by atoms with Gasteiger partial charge in [0.25, 0.3) is 0 Å². The number of unbranched alkanes of at least 4 members (excludes halogenated alkanes) is 1. The molecule has 0 amide bonds. The minimum Gasteiger partial charge on any atom is -0.492 e. The van der Waals surface area contributed by atoms with Crippen LogP contribution < -0.4 is 4.74 Å². The molecule has 134 valence electrons. The van der Waals surface area contributed by atoms with E-state index in [2.05, 4.69) is 24.3 Å². The zero-order valence-electron chi connectivity index (χ0n) is 14.2. The molecule has 0 radical (unpaired) electrons. The van der Waals surface area contributed by atoms with Gasteiger partial charge in [0.05, 0.1) is 23.0 Å². The van der Waals surface area contributed by atoms with Crippen LogP contribution in [0.4, 0.5) is 0 Å². The molecule has 1 saturated heterocycles. The van der Waals surface area contributed by atoms with Crippen molar-refractivity contribution in [3.05, 3.63) is 69.6 Å². The molecule has 0 unspecified atom stereocenters. The first-order valence-corrected chi connectivity index (χ1v) is 9.73. The van der Waals surface area contributed by atoms with Gasteiger partial charge in [0.2, 0.25) is 5.12 Å². The van der Waals surface area contributed by atoms with Gasteiger partial charge in [-0.15, -0.1) is 0 Å². The van der Waals surface area contributed by atoms with Crippen LogP contribution in [0.25, 0.3) is 6.08 Å². The van der Waals surface area contributed by atoms with Gasteiger partial charge in [-0.05, 0) is 60.4 Å². The van der Waals surface area contributed by atoms with Crippen LogP contribution in [0.5, 0.6) is 5.75 Å². The summed E-state index contributed by atoms with van der Waals surface area (Å²) in [4.78, 5) is 23.4. The van der Waals surface area contributed by atoms with Crippen molar-refractivity contribution in [2.45, 2.75) is 25.7 Å². The number of aryl methyl sites for hydroxylation is 1. The molecule has 3 rings (SSSR count). The molecule has 3 nitrogen and oxygen atoms in total. The Balaban J connectivity index is 1.49. The Morgan fingerprint density at radius 3 is 2.58 bits per heavy atom. The molecule has 0 spiro atoms. The van der Waals surface area contributed by atoms with Crippen molar-refractivity contribution in [2.75, 3.05) is 6.61 Å². The van der Waals surface area contributed by atoms with Gasteiger partial charge in [0, 0.05) is 0 Å². The maximum atomic E-state index is 11.7. The molecule has 2 aromatic carbocycles. The lowest BCUT2D eigenvalue weighted by Gasteiger charge is -2.09. The van der Waals surface area contributed by atoms with Crippen LogP contribution in [0.1, 0.15) is 30.4 Å². The average molecular weight is 387 g/mol. The number of allylic oxidation sites excluding steroid dienone is 1. The maximum Gasteiger partial charge on any atom is 0.201 e. The second-order valence-electron chi connectivity index (χ2n) is 6.06. The van der Waals surface area contributed by atoms with Gasteiger partial charge in [-0.3, -0.25) is 9.59 Å². The Hall–Kier alpha value is -2.04. The van der Waals surface area contributed by atoms with Crippen molar-refractivity contribution in [1.82, 2.24) is 0 Å². The highest BCUT2D eigenvalue weighted by Crippen LogP contribution is 2.32. The van der Waals surface area contributed by atoms with Crippen molar-refractivity contribution in [2.24, 2.45) is 0 Å². The molecule has 1 heterocycles. The van der Waals surface area contributed by atoms with Gasteiger partial charge in [0.15, 0.2) is 5.78 Å². The highest BCUT2D eigenvalue weighted by atomic mass is 35.5. The number of ketones is 1. The molecule has 1 fully saturated rings. The largest absolute Gasteiger partial charge is 0.492 e. The van der Waals surface area contributed by atoms with E-state index in [0.29, 0.717) is 22.3 Å². The van der Waals surface area contributed by atoms with Gasteiger partial charge in [-0.25, -0.2) is 0 Å². The molecule has 0 bridgehead atoms. The Bertz CT molecular complexity index is 830. The van der Waals surface area contributed by atoms with Gasteiger partial charge in [-0.1, -0.05) is 48.0 Å². The third-order valence-corrected chi connectivity index (χ3v) is 5.25. The van der Waals surface area contributed by atoms with Gasteiger partial charge >= 0.3 is 0 Å². The van der Waals surface area contributed by atoms with Gasteiger partial charge in [-0.2, -0.15) is 0 Å². The number of carbonyl (C=O) groups is 2. The third kappa shape index (κ3) is 5.23. The van der Waals surface area contributed by atoms with E-state index < -0.39 is 0 Å². The van der Waals surface area contributed by atoms with Crippen LogP contribution >= 0.6 is 23.4 Å². The third-order valence-electron chi connectivity index (χ3n) is 4.02. The van der Waals surface area contributed by atoms with Crippen LogP contribution in [-0.2, 0) is 16.0 Å². The van der Waals surface area contributed by atoms with E-state index >= 15 is 0 Å². The monoisotopic (exact) mass is 386 g/mol. The summed E-state index contributed by atoms with van der Waals surface area (Å²) >= 11 is 7.27. The van der Waals surface area contributed by atoms with E-state index in [1.165, 1.54) is 5.56 Å². The number of ether oxygens (including phenoxy) is 1. The van der Waals surface area contributed by atoms with Crippen molar-refractivity contribution in [1.29, 1.82) is 0 Å². The van der Waals surface area contributed by atoms with Crippen LogP contribution in [0, 0.1) is 0 Å². The number of carbonyl (C=O) groups excluding carboxylic acids is 2. The minimum atomic E-state index is -0.130. The normalized spacial score (nSPS) is 15.7. The number of halogens is 1. The molecule has 2 aromatic rings.